The molecule has 0 saturated heterocycles. The van der Waals surface area contributed by atoms with Gasteiger partial charge in [0.1, 0.15) is 5.75 Å². The maximum Gasteiger partial charge on any atom is 0.228 e. The van der Waals surface area contributed by atoms with E-state index in [0.29, 0.717) is 18.3 Å². The lowest BCUT2D eigenvalue weighted by Crippen LogP contribution is -2.09. The summed E-state index contributed by atoms with van der Waals surface area (Å²) in [5, 5.41) is 12.7. The van der Waals surface area contributed by atoms with E-state index in [4.69, 9.17) is 10.5 Å². The second-order valence-electron chi connectivity index (χ2n) is 6.32. The van der Waals surface area contributed by atoms with Crippen molar-refractivity contribution >= 4 is 11.9 Å². The molecule has 140 valence electrons. The van der Waals surface area contributed by atoms with Gasteiger partial charge in [-0.05, 0) is 37.1 Å². The quantitative estimate of drug-likeness (QED) is 0.591. The van der Waals surface area contributed by atoms with Crippen LogP contribution in [-0.2, 0) is 13.2 Å². The van der Waals surface area contributed by atoms with Gasteiger partial charge < -0.3 is 20.9 Å². The van der Waals surface area contributed by atoms with E-state index >= 15 is 0 Å². The second-order valence-corrected chi connectivity index (χ2v) is 6.32. The van der Waals surface area contributed by atoms with Crippen molar-refractivity contribution in [2.45, 2.75) is 33.1 Å². The number of benzene rings is 2. The third-order valence-corrected chi connectivity index (χ3v) is 3.83. The molecule has 0 radical (unpaired) electrons. The van der Waals surface area contributed by atoms with Crippen molar-refractivity contribution in [1.29, 1.82) is 0 Å². The molecule has 0 aliphatic carbocycles. The molecule has 4 N–H and O–H groups in total. The lowest BCUT2D eigenvalue weighted by molar-refractivity contribution is 0.242. The molecule has 2 aromatic carbocycles. The Kier molecular flexibility index (Phi) is 5.83. The van der Waals surface area contributed by atoms with Crippen LogP contribution >= 0.6 is 0 Å². The Balaban J connectivity index is 1.75. The number of hydrogen-bond donors (Lipinski definition) is 3. The second kappa shape index (κ2) is 8.46. The number of rotatable bonds is 7. The minimum absolute atomic E-state index is 0.102. The zero-order chi connectivity index (χ0) is 19.2. The lowest BCUT2D eigenvalue weighted by atomic mass is 10.1. The Hall–Kier alpha value is -3.19. The molecule has 3 aromatic rings. The number of nitrogens with two attached hydrogens (primary N) is 1. The van der Waals surface area contributed by atoms with E-state index in [1.54, 1.807) is 0 Å². The van der Waals surface area contributed by atoms with Gasteiger partial charge in [0, 0.05) is 12.1 Å². The zero-order valence-corrected chi connectivity index (χ0v) is 15.4. The van der Waals surface area contributed by atoms with Gasteiger partial charge in [-0.2, -0.15) is 15.0 Å². The van der Waals surface area contributed by atoms with E-state index < -0.39 is 0 Å². The topological polar surface area (TPSA) is 106 Å². The molecule has 0 unspecified atom stereocenters. The first-order chi connectivity index (χ1) is 13.0. The Morgan fingerprint density at radius 3 is 2.48 bits per heavy atom. The van der Waals surface area contributed by atoms with Crippen molar-refractivity contribution in [3.8, 4) is 17.1 Å². The van der Waals surface area contributed by atoms with E-state index in [9.17, 15) is 5.11 Å². The molecule has 27 heavy (non-hydrogen) atoms. The number of hydrogen-bond acceptors (Lipinski definition) is 7. The number of aromatic nitrogens is 3. The summed E-state index contributed by atoms with van der Waals surface area (Å²) in [6, 6.07) is 15.2. The summed E-state index contributed by atoms with van der Waals surface area (Å²) in [6.45, 7) is 4.42. The number of aliphatic hydroxyl groups is 1. The summed E-state index contributed by atoms with van der Waals surface area (Å²) in [6.07, 6.45) is 0.141. The molecule has 7 nitrogen and oxygen atoms in total. The van der Waals surface area contributed by atoms with Crippen LogP contribution in [0.5, 0.6) is 5.75 Å². The van der Waals surface area contributed by atoms with E-state index in [1.165, 1.54) is 0 Å². The largest absolute Gasteiger partial charge is 0.491 e. The SMILES string of the molecule is CC(C)Oc1ccc(CNc2nc(N)nc(-c3ccccc3CO)n2)cc1. The van der Waals surface area contributed by atoms with Crippen molar-refractivity contribution < 1.29 is 9.84 Å². The Bertz CT molecular complexity index is 897. The molecule has 0 atom stereocenters. The van der Waals surface area contributed by atoms with Gasteiger partial charge >= 0.3 is 0 Å². The first kappa shape index (κ1) is 18.6. The summed E-state index contributed by atoms with van der Waals surface area (Å²) < 4.78 is 5.64. The minimum Gasteiger partial charge on any atom is -0.491 e. The van der Waals surface area contributed by atoms with Crippen molar-refractivity contribution in [2.75, 3.05) is 11.1 Å². The molecule has 7 heteroatoms. The third-order valence-electron chi connectivity index (χ3n) is 3.83. The standard InChI is InChI=1S/C20H23N5O2/c1-13(2)27-16-9-7-14(8-10-16)11-22-20-24-18(23-19(21)25-20)17-6-4-3-5-15(17)12-26/h3-10,13,26H,11-12H2,1-2H3,(H3,21,22,23,24,25). The average molecular weight is 365 g/mol. The van der Waals surface area contributed by atoms with Gasteiger partial charge in [-0.25, -0.2) is 0 Å². The van der Waals surface area contributed by atoms with Crippen molar-refractivity contribution in [2.24, 2.45) is 0 Å². The zero-order valence-electron chi connectivity index (χ0n) is 15.4. The molecule has 1 heterocycles. The maximum atomic E-state index is 9.52. The molecule has 3 rings (SSSR count). The molecular formula is C20H23N5O2. The fraction of sp³-hybridized carbons (Fsp3) is 0.250. The van der Waals surface area contributed by atoms with E-state index in [1.807, 2.05) is 62.4 Å². The van der Waals surface area contributed by atoms with Crippen LogP contribution in [0.1, 0.15) is 25.0 Å². The van der Waals surface area contributed by atoms with Crippen LogP contribution in [0.4, 0.5) is 11.9 Å². The highest BCUT2D eigenvalue weighted by molar-refractivity contribution is 5.62. The van der Waals surface area contributed by atoms with Crippen LogP contribution in [-0.4, -0.2) is 26.2 Å². The summed E-state index contributed by atoms with van der Waals surface area (Å²) in [5.41, 5.74) is 8.36. The molecule has 0 saturated carbocycles. The Morgan fingerprint density at radius 1 is 1.04 bits per heavy atom. The first-order valence-corrected chi connectivity index (χ1v) is 8.75. The van der Waals surface area contributed by atoms with Crippen molar-refractivity contribution in [1.82, 2.24) is 15.0 Å². The van der Waals surface area contributed by atoms with Gasteiger partial charge in [-0.15, -0.1) is 0 Å². The Labute approximate surface area is 158 Å². The number of nitrogens with one attached hydrogen (secondary N) is 1. The summed E-state index contributed by atoms with van der Waals surface area (Å²) in [5.74, 6) is 1.76. The molecule has 0 aliphatic rings. The molecule has 0 aliphatic heterocycles. The highest BCUT2D eigenvalue weighted by Crippen LogP contribution is 2.22. The van der Waals surface area contributed by atoms with Gasteiger partial charge in [0.15, 0.2) is 5.82 Å². The van der Waals surface area contributed by atoms with Crippen LogP contribution in [0, 0.1) is 0 Å². The smallest absolute Gasteiger partial charge is 0.228 e. The van der Waals surface area contributed by atoms with Crippen molar-refractivity contribution in [3.63, 3.8) is 0 Å². The molecule has 0 bridgehead atoms. The first-order valence-electron chi connectivity index (χ1n) is 8.75. The third kappa shape index (κ3) is 4.92. The number of ether oxygens (including phenoxy) is 1. The lowest BCUT2D eigenvalue weighted by Gasteiger charge is -2.11. The van der Waals surface area contributed by atoms with E-state index in [-0.39, 0.29) is 18.7 Å². The summed E-state index contributed by atoms with van der Waals surface area (Å²) in [4.78, 5) is 12.8. The van der Waals surface area contributed by atoms with E-state index in [0.717, 1.165) is 22.4 Å². The Morgan fingerprint density at radius 2 is 1.78 bits per heavy atom. The maximum absolute atomic E-state index is 9.52. The number of aliphatic hydroxyl groups excluding tert-OH is 1. The minimum atomic E-state index is -0.102. The fourth-order valence-electron chi connectivity index (χ4n) is 2.61. The molecular weight excluding hydrogens is 342 g/mol. The molecule has 0 amide bonds. The summed E-state index contributed by atoms with van der Waals surface area (Å²) in [7, 11) is 0. The van der Waals surface area contributed by atoms with Crippen LogP contribution in [0.3, 0.4) is 0 Å². The molecule has 0 fully saturated rings. The highest BCUT2D eigenvalue weighted by atomic mass is 16.5. The monoisotopic (exact) mass is 365 g/mol. The van der Waals surface area contributed by atoms with Gasteiger partial charge in [0.25, 0.3) is 0 Å². The number of anilines is 2. The average Bonchev–Trinajstić information content (AvgIpc) is 2.66. The molecule has 1 aromatic heterocycles. The van der Waals surface area contributed by atoms with E-state index in [2.05, 4.69) is 20.3 Å². The van der Waals surface area contributed by atoms with Gasteiger partial charge in [0.05, 0.1) is 12.7 Å². The van der Waals surface area contributed by atoms with Gasteiger partial charge in [-0.3, -0.25) is 0 Å². The van der Waals surface area contributed by atoms with Crippen LogP contribution in [0.25, 0.3) is 11.4 Å². The van der Waals surface area contributed by atoms with Gasteiger partial charge in [-0.1, -0.05) is 36.4 Å². The number of nitrogens with zero attached hydrogens (tertiary/aromatic N) is 3. The predicted octanol–water partition coefficient (Wildman–Crippen LogP) is 3.01. The normalized spacial score (nSPS) is 10.8. The van der Waals surface area contributed by atoms with Crippen LogP contribution < -0.4 is 15.8 Å². The highest BCUT2D eigenvalue weighted by Gasteiger charge is 2.10. The predicted molar refractivity (Wildman–Crippen MR) is 105 cm³/mol. The van der Waals surface area contributed by atoms with Gasteiger partial charge in [0.2, 0.25) is 11.9 Å². The van der Waals surface area contributed by atoms with Crippen LogP contribution in [0.15, 0.2) is 48.5 Å². The van der Waals surface area contributed by atoms with Crippen molar-refractivity contribution in [3.05, 3.63) is 59.7 Å². The fourth-order valence-corrected chi connectivity index (χ4v) is 2.61. The van der Waals surface area contributed by atoms with Crippen LogP contribution in [0.2, 0.25) is 0 Å². The number of nitrogen functional groups attached to an aromatic ring is 1. The molecule has 0 spiro atoms. The summed E-state index contributed by atoms with van der Waals surface area (Å²) >= 11 is 0.